The molecule has 1 aromatic heterocycles. The molecule has 74 valence electrons. The highest BCUT2D eigenvalue weighted by molar-refractivity contribution is 5.98. The second-order valence-corrected chi connectivity index (χ2v) is 2.86. The first-order valence-electron chi connectivity index (χ1n) is 4.29. The molecule has 0 fully saturated rings. The number of amides is 1. The first-order valence-corrected chi connectivity index (χ1v) is 4.29. The predicted molar refractivity (Wildman–Crippen MR) is 53.7 cm³/mol. The summed E-state index contributed by atoms with van der Waals surface area (Å²) in [6.45, 7) is 0. The molecule has 15 heavy (non-hydrogen) atoms. The zero-order chi connectivity index (χ0) is 10.7. The molecule has 0 N–H and O–H groups in total. The van der Waals surface area contributed by atoms with Crippen molar-refractivity contribution in [2.45, 2.75) is 0 Å². The second-order valence-electron chi connectivity index (χ2n) is 2.86. The van der Waals surface area contributed by atoms with Crippen molar-refractivity contribution in [2.24, 2.45) is 5.18 Å². The number of aromatic nitrogens is 2. The zero-order valence-electron chi connectivity index (χ0n) is 7.70. The Balaban J connectivity index is 2.57. The Morgan fingerprint density at radius 3 is 2.73 bits per heavy atom. The topological polar surface area (TPSA) is 64.3 Å². The van der Waals surface area contributed by atoms with Gasteiger partial charge in [-0.2, -0.15) is 5.10 Å². The van der Waals surface area contributed by atoms with E-state index in [1.165, 1.54) is 4.68 Å². The van der Waals surface area contributed by atoms with Gasteiger partial charge in [0, 0.05) is 17.6 Å². The summed E-state index contributed by atoms with van der Waals surface area (Å²) >= 11 is 0. The monoisotopic (exact) mass is 201 g/mol. The van der Waals surface area contributed by atoms with Crippen LogP contribution in [0.3, 0.4) is 0 Å². The van der Waals surface area contributed by atoms with Crippen molar-refractivity contribution in [1.29, 1.82) is 0 Å². The average Bonchev–Trinajstić information content (AvgIpc) is 2.81. The fraction of sp³-hybridized carbons (Fsp3) is 0. The molecule has 1 heterocycles. The Hall–Kier alpha value is -2.30. The Morgan fingerprint density at radius 1 is 1.27 bits per heavy atom. The Bertz CT molecular complexity index is 491. The van der Waals surface area contributed by atoms with Crippen LogP contribution in [0, 0.1) is 4.91 Å². The van der Waals surface area contributed by atoms with Gasteiger partial charge in [0.25, 0.3) is 0 Å². The van der Waals surface area contributed by atoms with Gasteiger partial charge in [0.05, 0.1) is 11.3 Å². The van der Waals surface area contributed by atoms with Crippen LogP contribution in [0.4, 0.5) is 0 Å². The standard InChI is InChI=1S/C10H7N3O2/c14-10(12-15)8-4-1-2-5-9(8)13-7-3-6-11-13/h1-7H. The van der Waals surface area contributed by atoms with Crippen LogP contribution in [0.1, 0.15) is 10.4 Å². The molecule has 0 aliphatic heterocycles. The maximum absolute atomic E-state index is 11.2. The van der Waals surface area contributed by atoms with Crippen molar-refractivity contribution in [3.8, 4) is 5.69 Å². The van der Waals surface area contributed by atoms with Gasteiger partial charge < -0.3 is 0 Å². The molecule has 0 radical (unpaired) electrons. The van der Waals surface area contributed by atoms with Crippen LogP contribution in [-0.2, 0) is 0 Å². The van der Waals surface area contributed by atoms with E-state index in [2.05, 4.69) is 10.3 Å². The average molecular weight is 201 g/mol. The van der Waals surface area contributed by atoms with E-state index in [9.17, 15) is 9.70 Å². The van der Waals surface area contributed by atoms with E-state index in [0.29, 0.717) is 5.69 Å². The highest BCUT2D eigenvalue weighted by Crippen LogP contribution is 2.14. The van der Waals surface area contributed by atoms with Crippen LogP contribution in [0.2, 0.25) is 0 Å². The van der Waals surface area contributed by atoms with E-state index in [0.717, 1.165) is 0 Å². The zero-order valence-corrected chi connectivity index (χ0v) is 7.70. The largest absolute Gasteiger partial charge is 0.318 e. The van der Waals surface area contributed by atoms with Crippen LogP contribution in [0.15, 0.2) is 47.9 Å². The Kier molecular flexibility index (Phi) is 2.37. The van der Waals surface area contributed by atoms with Gasteiger partial charge in [-0.15, -0.1) is 4.91 Å². The number of benzene rings is 1. The fourth-order valence-corrected chi connectivity index (χ4v) is 1.31. The second kappa shape index (κ2) is 3.83. The van der Waals surface area contributed by atoms with Crippen molar-refractivity contribution < 1.29 is 4.79 Å². The lowest BCUT2D eigenvalue weighted by molar-refractivity contribution is 0.100. The maximum Gasteiger partial charge on any atom is 0.318 e. The summed E-state index contributed by atoms with van der Waals surface area (Å²) in [5.41, 5.74) is 0.795. The molecular weight excluding hydrogens is 194 g/mol. The molecule has 1 aromatic carbocycles. The van der Waals surface area contributed by atoms with Crippen molar-refractivity contribution in [2.75, 3.05) is 0 Å². The number of nitroso groups, excluding NO2 is 1. The minimum Gasteiger partial charge on any atom is -0.263 e. The SMILES string of the molecule is O=NC(=O)c1ccccc1-n1cccn1. The highest BCUT2D eigenvalue weighted by Gasteiger charge is 2.12. The third-order valence-corrected chi connectivity index (χ3v) is 1.97. The van der Waals surface area contributed by atoms with E-state index in [1.807, 2.05) is 0 Å². The summed E-state index contributed by atoms with van der Waals surface area (Å²) in [7, 11) is 0. The Labute approximate surface area is 85.3 Å². The van der Waals surface area contributed by atoms with Gasteiger partial charge in [-0.1, -0.05) is 12.1 Å². The first-order chi connectivity index (χ1) is 7.33. The highest BCUT2D eigenvalue weighted by atomic mass is 16.3. The summed E-state index contributed by atoms with van der Waals surface area (Å²) in [5.74, 6) is -0.791. The van der Waals surface area contributed by atoms with Crippen LogP contribution in [-0.4, -0.2) is 15.7 Å². The summed E-state index contributed by atoms with van der Waals surface area (Å²) in [4.78, 5) is 21.4. The number of nitrogens with zero attached hydrogens (tertiary/aromatic N) is 3. The summed E-state index contributed by atoms with van der Waals surface area (Å²) < 4.78 is 1.51. The van der Waals surface area contributed by atoms with Crippen LogP contribution < -0.4 is 0 Å². The lowest BCUT2D eigenvalue weighted by atomic mass is 10.1. The molecule has 0 atom stereocenters. The van der Waals surface area contributed by atoms with E-state index in [-0.39, 0.29) is 5.56 Å². The Morgan fingerprint density at radius 2 is 2.07 bits per heavy atom. The molecular formula is C10H7N3O2. The molecule has 0 aliphatic carbocycles. The molecule has 0 aliphatic rings. The normalized spacial score (nSPS) is 9.87. The molecule has 0 unspecified atom stereocenters. The summed E-state index contributed by atoms with van der Waals surface area (Å²) in [6, 6.07) is 8.41. The number of hydrogen-bond donors (Lipinski definition) is 0. The minimum atomic E-state index is -0.791. The minimum absolute atomic E-state index is 0.246. The summed E-state index contributed by atoms with van der Waals surface area (Å²) in [5, 5.41) is 6.38. The van der Waals surface area contributed by atoms with Crippen molar-refractivity contribution in [3.63, 3.8) is 0 Å². The molecule has 0 saturated heterocycles. The fourth-order valence-electron chi connectivity index (χ4n) is 1.31. The number of carbonyl (C=O) groups is 1. The first kappa shape index (κ1) is 9.26. The van der Waals surface area contributed by atoms with Crippen molar-refractivity contribution in [1.82, 2.24) is 9.78 Å². The third kappa shape index (κ3) is 1.67. The lowest BCUT2D eigenvalue weighted by Gasteiger charge is -2.04. The molecule has 5 nitrogen and oxygen atoms in total. The molecule has 0 bridgehead atoms. The predicted octanol–water partition coefficient (Wildman–Crippen LogP) is 1.78. The van der Waals surface area contributed by atoms with Gasteiger partial charge in [-0.05, 0) is 18.2 Å². The molecule has 2 aromatic rings. The van der Waals surface area contributed by atoms with Gasteiger partial charge in [0.2, 0.25) is 0 Å². The number of para-hydroxylation sites is 1. The molecule has 0 spiro atoms. The van der Waals surface area contributed by atoms with E-state index >= 15 is 0 Å². The van der Waals surface area contributed by atoms with Gasteiger partial charge in [-0.3, -0.25) is 4.79 Å². The van der Waals surface area contributed by atoms with E-state index < -0.39 is 5.91 Å². The van der Waals surface area contributed by atoms with Crippen LogP contribution in [0.25, 0.3) is 5.69 Å². The van der Waals surface area contributed by atoms with Crippen LogP contribution in [0.5, 0.6) is 0 Å². The van der Waals surface area contributed by atoms with E-state index in [4.69, 9.17) is 0 Å². The molecule has 0 saturated carbocycles. The van der Waals surface area contributed by atoms with Crippen LogP contribution >= 0.6 is 0 Å². The summed E-state index contributed by atoms with van der Waals surface area (Å²) in [6.07, 6.45) is 3.28. The van der Waals surface area contributed by atoms with Crippen molar-refractivity contribution >= 4 is 5.91 Å². The van der Waals surface area contributed by atoms with Gasteiger partial charge in [-0.25, -0.2) is 4.68 Å². The smallest absolute Gasteiger partial charge is 0.263 e. The lowest BCUT2D eigenvalue weighted by Crippen LogP contribution is -2.03. The third-order valence-electron chi connectivity index (χ3n) is 1.97. The number of hydrogen-bond acceptors (Lipinski definition) is 3. The molecule has 2 rings (SSSR count). The number of carbonyl (C=O) groups excluding carboxylic acids is 1. The quantitative estimate of drug-likeness (QED) is 0.695. The van der Waals surface area contributed by atoms with Crippen molar-refractivity contribution in [3.05, 3.63) is 53.2 Å². The van der Waals surface area contributed by atoms with E-state index in [1.54, 1.807) is 42.7 Å². The molecule has 1 amide bonds. The molecule has 5 heteroatoms. The van der Waals surface area contributed by atoms with Gasteiger partial charge >= 0.3 is 5.91 Å². The number of rotatable bonds is 2. The van der Waals surface area contributed by atoms with Gasteiger partial charge in [0.15, 0.2) is 0 Å². The maximum atomic E-state index is 11.2. The van der Waals surface area contributed by atoms with Gasteiger partial charge in [0.1, 0.15) is 0 Å².